The maximum absolute atomic E-state index is 12.6. The normalized spacial score (nSPS) is 19.7. The highest BCUT2D eigenvalue weighted by Gasteiger charge is 2.30. The number of amides is 1. The Bertz CT molecular complexity index is 1010. The summed E-state index contributed by atoms with van der Waals surface area (Å²) in [6, 6.07) is 10.5. The standard InChI is InChI=1S/C21H21N3O5S/c1-23-19(25)17(13-16-7-8-18(29-16)24-9-11-28-12-10-24)30-21(23)22-15-5-3-14(4-6-15)20(26)27-2/h3-8,13H,9-12H2,1-2H3/b17-13-,22-21?. The van der Waals surface area contributed by atoms with Gasteiger partial charge in [0.25, 0.3) is 5.91 Å². The second kappa shape index (κ2) is 8.76. The predicted molar refractivity (Wildman–Crippen MR) is 115 cm³/mol. The number of aliphatic imine (C=N–C) groups is 1. The van der Waals surface area contributed by atoms with Crippen LogP contribution in [0.25, 0.3) is 6.08 Å². The number of hydrogen-bond donors (Lipinski definition) is 0. The summed E-state index contributed by atoms with van der Waals surface area (Å²) in [6.45, 7) is 2.92. The van der Waals surface area contributed by atoms with Crippen LogP contribution in [-0.2, 0) is 14.3 Å². The monoisotopic (exact) mass is 427 g/mol. The van der Waals surface area contributed by atoms with Crippen molar-refractivity contribution >= 4 is 46.5 Å². The molecule has 2 aromatic rings. The number of rotatable bonds is 4. The lowest BCUT2D eigenvalue weighted by atomic mass is 10.2. The Morgan fingerprint density at radius 3 is 2.60 bits per heavy atom. The topological polar surface area (TPSA) is 84.6 Å². The Hall–Kier alpha value is -3.04. The van der Waals surface area contributed by atoms with Crippen LogP contribution in [0, 0.1) is 0 Å². The van der Waals surface area contributed by atoms with E-state index in [0.717, 1.165) is 19.0 Å². The van der Waals surface area contributed by atoms with E-state index in [9.17, 15) is 9.59 Å². The first kappa shape index (κ1) is 20.2. The number of ether oxygens (including phenoxy) is 2. The number of thioether (sulfide) groups is 1. The van der Waals surface area contributed by atoms with Gasteiger partial charge in [0.05, 0.1) is 36.5 Å². The van der Waals surface area contributed by atoms with Gasteiger partial charge in [-0.3, -0.25) is 9.69 Å². The van der Waals surface area contributed by atoms with Crippen LogP contribution in [0.5, 0.6) is 0 Å². The summed E-state index contributed by atoms with van der Waals surface area (Å²) in [5.41, 5.74) is 1.08. The summed E-state index contributed by atoms with van der Waals surface area (Å²) in [7, 11) is 3.02. The fraction of sp³-hybridized carbons (Fsp3) is 0.286. The van der Waals surface area contributed by atoms with Gasteiger partial charge in [0.15, 0.2) is 11.1 Å². The van der Waals surface area contributed by atoms with Crippen molar-refractivity contribution in [3.05, 3.63) is 52.6 Å². The van der Waals surface area contributed by atoms with Crippen LogP contribution in [0.2, 0.25) is 0 Å². The molecule has 4 rings (SSSR count). The fourth-order valence-electron chi connectivity index (χ4n) is 3.05. The molecule has 30 heavy (non-hydrogen) atoms. The lowest BCUT2D eigenvalue weighted by Crippen LogP contribution is -2.35. The lowest BCUT2D eigenvalue weighted by molar-refractivity contribution is -0.121. The number of carbonyl (C=O) groups excluding carboxylic acids is 2. The molecule has 0 saturated carbocycles. The average molecular weight is 427 g/mol. The molecule has 9 heteroatoms. The number of nitrogens with zero attached hydrogens (tertiary/aromatic N) is 3. The van der Waals surface area contributed by atoms with Gasteiger partial charge in [-0.2, -0.15) is 0 Å². The molecule has 2 aliphatic heterocycles. The Kier molecular flexibility index (Phi) is 5.91. The van der Waals surface area contributed by atoms with Crippen LogP contribution < -0.4 is 4.90 Å². The molecule has 1 aromatic heterocycles. The first-order chi connectivity index (χ1) is 14.5. The van der Waals surface area contributed by atoms with Crippen molar-refractivity contribution in [3.8, 4) is 0 Å². The van der Waals surface area contributed by atoms with Gasteiger partial charge in [-0.1, -0.05) is 0 Å². The summed E-state index contributed by atoms with van der Waals surface area (Å²) in [6.07, 6.45) is 1.73. The first-order valence-electron chi connectivity index (χ1n) is 9.42. The summed E-state index contributed by atoms with van der Waals surface area (Å²) in [5, 5.41) is 0.553. The second-order valence-electron chi connectivity index (χ2n) is 6.68. The van der Waals surface area contributed by atoms with Gasteiger partial charge in [0.2, 0.25) is 0 Å². The zero-order valence-electron chi connectivity index (χ0n) is 16.7. The minimum Gasteiger partial charge on any atom is -0.465 e. The van der Waals surface area contributed by atoms with Gasteiger partial charge >= 0.3 is 5.97 Å². The van der Waals surface area contributed by atoms with Crippen molar-refractivity contribution in [2.45, 2.75) is 0 Å². The molecule has 8 nitrogen and oxygen atoms in total. The molecule has 0 aliphatic carbocycles. The van der Waals surface area contributed by atoms with E-state index in [4.69, 9.17) is 13.9 Å². The molecule has 1 aromatic carbocycles. The van der Waals surface area contributed by atoms with E-state index >= 15 is 0 Å². The number of amidine groups is 1. The number of furan rings is 1. The van der Waals surface area contributed by atoms with E-state index in [2.05, 4.69) is 9.89 Å². The Morgan fingerprint density at radius 1 is 1.17 bits per heavy atom. The number of likely N-dealkylation sites (N-methyl/N-ethyl adjacent to an activating group) is 1. The highest BCUT2D eigenvalue weighted by Crippen LogP contribution is 2.34. The Morgan fingerprint density at radius 2 is 1.90 bits per heavy atom. The molecule has 1 amide bonds. The van der Waals surface area contributed by atoms with Crippen molar-refractivity contribution in [1.29, 1.82) is 0 Å². The third-order valence-electron chi connectivity index (χ3n) is 4.73. The first-order valence-corrected chi connectivity index (χ1v) is 10.2. The van der Waals surface area contributed by atoms with Gasteiger partial charge in [-0.15, -0.1) is 0 Å². The van der Waals surface area contributed by atoms with Crippen LogP contribution in [0.1, 0.15) is 16.1 Å². The largest absolute Gasteiger partial charge is 0.465 e. The molecule has 156 valence electrons. The molecular formula is C21H21N3O5S. The highest BCUT2D eigenvalue weighted by molar-refractivity contribution is 8.18. The van der Waals surface area contributed by atoms with Crippen molar-refractivity contribution in [1.82, 2.24) is 4.90 Å². The van der Waals surface area contributed by atoms with Crippen LogP contribution in [0.15, 0.2) is 50.7 Å². The minimum absolute atomic E-state index is 0.144. The molecule has 0 bridgehead atoms. The van der Waals surface area contributed by atoms with E-state index in [1.807, 2.05) is 12.1 Å². The molecule has 0 atom stereocenters. The quantitative estimate of drug-likeness (QED) is 0.547. The van der Waals surface area contributed by atoms with Crippen molar-refractivity contribution in [2.75, 3.05) is 45.4 Å². The van der Waals surface area contributed by atoms with Crippen molar-refractivity contribution in [2.24, 2.45) is 4.99 Å². The van der Waals surface area contributed by atoms with Crippen LogP contribution in [0.3, 0.4) is 0 Å². The molecule has 2 fully saturated rings. The summed E-state index contributed by atoms with van der Waals surface area (Å²) in [5.74, 6) is 0.837. The summed E-state index contributed by atoms with van der Waals surface area (Å²) >= 11 is 1.28. The van der Waals surface area contributed by atoms with Crippen molar-refractivity contribution in [3.63, 3.8) is 0 Å². The number of methoxy groups -OCH3 is 1. The summed E-state index contributed by atoms with van der Waals surface area (Å²) < 4.78 is 16.0. The highest BCUT2D eigenvalue weighted by atomic mass is 32.2. The molecular weight excluding hydrogens is 406 g/mol. The fourth-order valence-corrected chi connectivity index (χ4v) is 4.02. The Balaban J connectivity index is 1.50. The Labute approximate surface area is 178 Å². The van der Waals surface area contributed by atoms with Gasteiger partial charge in [-0.25, -0.2) is 9.79 Å². The molecule has 0 spiro atoms. The van der Waals surface area contributed by atoms with E-state index in [1.54, 1.807) is 37.4 Å². The number of carbonyl (C=O) groups is 2. The van der Waals surface area contributed by atoms with E-state index in [-0.39, 0.29) is 5.91 Å². The number of anilines is 1. The average Bonchev–Trinajstić information content (AvgIpc) is 3.35. The smallest absolute Gasteiger partial charge is 0.337 e. The predicted octanol–water partition coefficient (Wildman–Crippen LogP) is 3.14. The van der Waals surface area contributed by atoms with E-state index < -0.39 is 5.97 Å². The van der Waals surface area contributed by atoms with Gasteiger partial charge in [-0.05, 0) is 42.1 Å². The zero-order chi connectivity index (χ0) is 21.1. The van der Waals surface area contributed by atoms with Crippen LogP contribution in [0.4, 0.5) is 11.6 Å². The maximum Gasteiger partial charge on any atom is 0.337 e. The van der Waals surface area contributed by atoms with Gasteiger partial charge in [0.1, 0.15) is 5.76 Å². The third-order valence-corrected chi connectivity index (χ3v) is 5.79. The number of hydrogen-bond acceptors (Lipinski definition) is 8. The molecule has 2 saturated heterocycles. The van der Waals surface area contributed by atoms with Gasteiger partial charge < -0.3 is 18.8 Å². The summed E-state index contributed by atoms with van der Waals surface area (Å²) in [4.78, 5) is 32.8. The number of benzene rings is 1. The van der Waals surface area contributed by atoms with E-state index in [0.29, 0.717) is 40.3 Å². The van der Waals surface area contributed by atoms with Gasteiger partial charge in [0, 0.05) is 32.3 Å². The van der Waals surface area contributed by atoms with E-state index in [1.165, 1.54) is 23.8 Å². The molecule has 0 unspecified atom stereocenters. The van der Waals surface area contributed by atoms with Crippen LogP contribution >= 0.6 is 11.8 Å². The third kappa shape index (κ3) is 4.27. The molecule has 0 radical (unpaired) electrons. The molecule has 3 heterocycles. The lowest BCUT2D eigenvalue weighted by Gasteiger charge is -2.26. The molecule has 2 aliphatic rings. The van der Waals surface area contributed by atoms with Crippen molar-refractivity contribution < 1.29 is 23.5 Å². The SMILES string of the molecule is COC(=O)c1ccc(N=C2S/C(=C\c3ccc(N4CCOCC4)o3)C(=O)N2C)cc1. The number of morpholine rings is 1. The second-order valence-corrected chi connectivity index (χ2v) is 7.69. The zero-order valence-corrected chi connectivity index (χ0v) is 17.5. The van der Waals surface area contributed by atoms with Crippen LogP contribution in [-0.4, -0.2) is 62.4 Å². The minimum atomic E-state index is -0.406. The molecule has 0 N–H and O–H groups in total. The maximum atomic E-state index is 12.6. The number of esters is 1.